The summed E-state index contributed by atoms with van der Waals surface area (Å²) in [5.74, 6) is 0.482. The SMILES string of the molecule is O=[N+]([O-])C1=Cc2cc(Cl)ccc2O[C@H]1c1c(Cl)cccc1Cl. The molecule has 7 heteroatoms. The Balaban J connectivity index is 2.18. The van der Waals surface area contributed by atoms with Crippen LogP contribution in [0.1, 0.15) is 17.2 Å². The van der Waals surface area contributed by atoms with Crippen LogP contribution < -0.4 is 4.74 Å². The zero-order valence-electron chi connectivity index (χ0n) is 10.9. The van der Waals surface area contributed by atoms with Crippen LogP contribution >= 0.6 is 34.8 Å². The van der Waals surface area contributed by atoms with Crippen molar-refractivity contribution in [3.8, 4) is 5.75 Å². The van der Waals surface area contributed by atoms with E-state index in [1.165, 1.54) is 6.08 Å². The van der Waals surface area contributed by atoms with Gasteiger partial charge in [-0.15, -0.1) is 0 Å². The summed E-state index contributed by atoms with van der Waals surface area (Å²) in [7, 11) is 0. The zero-order valence-corrected chi connectivity index (χ0v) is 13.2. The minimum absolute atomic E-state index is 0.148. The van der Waals surface area contributed by atoms with E-state index in [0.717, 1.165) is 0 Å². The van der Waals surface area contributed by atoms with Crippen molar-refractivity contribution in [3.05, 3.63) is 78.4 Å². The van der Waals surface area contributed by atoms with Crippen LogP contribution in [-0.4, -0.2) is 4.92 Å². The van der Waals surface area contributed by atoms with E-state index >= 15 is 0 Å². The number of hydrogen-bond acceptors (Lipinski definition) is 3. The second kappa shape index (κ2) is 5.80. The molecule has 0 unspecified atom stereocenters. The van der Waals surface area contributed by atoms with E-state index in [1.54, 1.807) is 36.4 Å². The van der Waals surface area contributed by atoms with Crippen molar-refractivity contribution in [2.24, 2.45) is 0 Å². The smallest absolute Gasteiger partial charge is 0.291 e. The van der Waals surface area contributed by atoms with E-state index in [-0.39, 0.29) is 5.70 Å². The fourth-order valence-electron chi connectivity index (χ4n) is 2.28. The summed E-state index contributed by atoms with van der Waals surface area (Å²) < 4.78 is 5.77. The average molecular weight is 357 g/mol. The molecule has 0 bridgehead atoms. The van der Waals surface area contributed by atoms with Crippen LogP contribution in [0, 0.1) is 10.1 Å². The lowest BCUT2D eigenvalue weighted by atomic mass is 10.0. The van der Waals surface area contributed by atoms with Gasteiger partial charge in [-0.1, -0.05) is 40.9 Å². The van der Waals surface area contributed by atoms with Gasteiger partial charge in [0.25, 0.3) is 5.70 Å². The molecule has 2 aromatic rings. The maximum Gasteiger partial charge on any atom is 0.291 e. The molecule has 112 valence electrons. The van der Waals surface area contributed by atoms with Gasteiger partial charge in [-0.05, 0) is 30.3 Å². The maximum absolute atomic E-state index is 11.4. The third kappa shape index (κ3) is 2.65. The Morgan fingerprint density at radius 2 is 1.77 bits per heavy atom. The summed E-state index contributed by atoms with van der Waals surface area (Å²) in [5, 5.41) is 12.5. The molecule has 1 atom stereocenters. The molecule has 1 heterocycles. The van der Waals surface area contributed by atoms with E-state index < -0.39 is 11.0 Å². The Kier molecular flexibility index (Phi) is 4.00. The van der Waals surface area contributed by atoms with Crippen molar-refractivity contribution in [2.75, 3.05) is 0 Å². The van der Waals surface area contributed by atoms with Crippen molar-refractivity contribution >= 4 is 40.9 Å². The van der Waals surface area contributed by atoms with Gasteiger partial charge in [0.15, 0.2) is 0 Å². The van der Waals surface area contributed by atoms with Crippen molar-refractivity contribution in [2.45, 2.75) is 6.10 Å². The lowest BCUT2D eigenvalue weighted by molar-refractivity contribution is -0.434. The van der Waals surface area contributed by atoms with Gasteiger partial charge in [-0.3, -0.25) is 10.1 Å². The van der Waals surface area contributed by atoms with Gasteiger partial charge in [0.1, 0.15) is 5.75 Å². The minimum atomic E-state index is -0.982. The summed E-state index contributed by atoms with van der Waals surface area (Å²) in [6.45, 7) is 0. The number of halogens is 3. The van der Waals surface area contributed by atoms with Gasteiger partial charge in [0, 0.05) is 32.3 Å². The van der Waals surface area contributed by atoms with Crippen LogP contribution in [0.15, 0.2) is 42.1 Å². The highest BCUT2D eigenvalue weighted by atomic mass is 35.5. The monoisotopic (exact) mass is 355 g/mol. The molecule has 0 amide bonds. The van der Waals surface area contributed by atoms with Crippen molar-refractivity contribution in [1.29, 1.82) is 0 Å². The van der Waals surface area contributed by atoms with Crippen LogP contribution in [0.5, 0.6) is 5.75 Å². The maximum atomic E-state index is 11.4. The van der Waals surface area contributed by atoms with Crippen molar-refractivity contribution in [1.82, 2.24) is 0 Å². The van der Waals surface area contributed by atoms with Gasteiger partial charge in [-0.2, -0.15) is 0 Å². The fourth-order valence-corrected chi connectivity index (χ4v) is 3.05. The number of nitrogens with zero attached hydrogens (tertiary/aromatic N) is 1. The normalized spacial score (nSPS) is 16.5. The number of ether oxygens (including phenoxy) is 1. The van der Waals surface area contributed by atoms with Crippen LogP contribution in [0.3, 0.4) is 0 Å². The molecule has 0 saturated heterocycles. The molecule has 1 aliphatic rings. The third-order valence-electron chi connectivity index (χ3n) is 3.26. The van der Waals surface area contributed by atoms with Gasteiger partial charge >= 0.3 is 0 Å². The molecule has 2 aromatic carbocycles. The highest BCUT2D eigenvalue weighted by Crippen LogP contribution is 2.42. The Hall–Kier alpha value is -1.75. The quantitative estimate of drug-likeness (QED) is 0.535. The molecule has 1 aliphatic heterocycles. The molecule has 0 fully saturated rings. The Morgan fingerprint density at radius 3 is 2.41 bits per heavy atom. The molecular formula is C15H8Cl3NO3. The minimum Gasteiger partial charge on any atom is -0.474 e. The summed E-state index contributed by atoms with van der Waals surface area (Å²) in [4.78, 5) is 10.9. The van der Waals surface area contributed by atoms with Crippen LogP contribution in [0.2, 0.25) is 15.1 Å². The highest BCUT2D eigenvalue weighted by Gasteiger charge is 2.36. The standard InChI is InChI=1S/C15H8Cl3NO3/c16-9-4-5-13-8(6-9)7-12(19(20)21)15(22-13)14-10(17)2-1-3-11(14)18/h1-7,15H/t15-/m1/s1. The Labute approximate surface area is 141 Å². The van der Waals surface area contributed by atoms with Gasteiger partial charge in [-0.25, -0.2) is 0 Å². The van der Waals surface area contributed by atoms with Gasteiger partial charge in [0.05, 0.1) is 4.92 Å². The summed E-state index contributed by atoms with van der Waals surface area (Å²) in [6.07, 6.45) is 0.444. The Morgan fingerprint density at radius 1 is 1.09 bits per heavy atom. The largest absolute Gasteiger partial charge is 0.474 e. The molecular weight excluding hydrogens is 349 g/mol. The topological polar surface area (TPSA) is 52.4 Å². The highest BCUT2D eigenvalue weighted by molar-refractivity contribution is 6.36. The average Bonchev–Trinajstić information content (AvgIpc) is 2.46. The first-order valence-corrected chi connectivity index (χ1v) is 7.37. The summed E-state index contributed by atoms with van der Waals surface area (Å²) in [6, 6.07) is 9.80. The molecule has 0 spiro atoms. The number of hydrogen-bond donors (Lipinski definition) is 0. The molecule has 0 radical (unpaired) electrons. The van der Waals surface area contributed by atoms with Crippen molar-refractivity contribution in [3.63, 3.8) is 0 Å². The second-order valence-electron chi connectivity index (χ2n) is 4.64. The fraction of sp³-hybridized carbons (Fsp3) is 0.0667. The van der Waals surface area contributed by atoms with Gasteiger partial charge < -0.3 is 4.74 Å². The predicted octanol–water partition coefficient (Wildman–Crippen LogP) is 5.40. The number of rotatable bonds is 2. The molecule has 22 heavy (non-hydrogen) atoms. The Bertz CT molecular complexity index is 784. The molecule has 4 nitrogen and oxygen atoms in total. The van der Waals surface area contributed by atoms with E-state index in [0.29, 0.717) is 31.9 Å². The first-order chi connectivity index (χ1) is 10.5. The lowest BCUT2D eigenvalue weighted by Crippen LogP contribution is -2.20. The molecule has 0 N–H and O–H groups in total. The third-order valence-corrected chi connectivity index (χ3v) is 4.16. The van der Waals surface area contributed by atoms with Crippen LogP contribution in [0.4, 0.5) is 0 Å². The van der Waals surface area contributed by atoms with E-state index in [2.05, 4.69) is 0 Å². The lowest BCUT2D eigenvalue weighted by Gasteiger charge is -2.24. The summed E-state index contributed by atoms with van der Waals surface area (Å²) in [5.41, 5.74) is 0.762. The second-order valence-corrected chi connectivity index (χ2v) is 5.89. The molecule has 0 saturated carbocycles. The first kappa shape index (κ1) is 15.2. The van der Waals surface area contributed by atoms with Crippen molar-refractivity contribution < 1.29 is 9.66 Å². The van der Waals surface area contributed by atoms with E-state index in [9.17, 15) is 10.1 Å². The summed E-state index contributed by atoms with van der Waals surface area (Å²) >= 11 is 18.2. The molecule has 0 aromatic heterocycles. The zero-order chi connectivity index (χ0) is 15.9. The van der Waals surface area contributed by atoms with Crippen LogP contribution in [0.25, 0.3) is 6.08 Å². The number of nitro groups is 1. The van der Waals surface area contributed by atoms with E-state index in [1.807, 2.05) is 0 Å². The van der Waals surface area contributed by atoms with E-state index in [4.69, 9.17) is 39.5 Å². The van der Waals surface area contributed by atoms with Crippen LogP contribution in [-0.2, 0) is 0 Å². The predicted molar refractivity (Wildman–Crippen MR) is 86.3 cm³/mol. The van der Waals surface area contributed by atoms with Gasteiger partial charge in [0.2, 0.25) is 6.10 Å². The number of benzene rings is 2. The molecule has 3 rings (SSSR count). The first-order valence-electron chi connectivity index (χ1n) is 6.23. The number of fused-ring (bicyclic) bond motifs is 1. The molecule has 0 aliphatic carbocycles.